The van der Waals surface area contributed by atoms with Crippen molar-refractivity contribution in [2.45, 2.75) is 6.61 Å². The maximum atomic E-state index is 8.86. The lowest BCUT2D eigenvalue weighted by molar-refractivity contribution is 0.273. The molecule has 0 radical (unpaired) electrons. The molecule has 13 heavy (non-hydrogen) atoms. The lowest BCUT2D eigenvalue weighted by Gasteiger charge is -1.93. The van der Waals surface area contributed by atoms with E-state index in [1.165, 1.54) is 0 Å². The molecule has 2 rings (SSSR count). The molecule has 0 unspecified atom stereocenters. The van der Waals surface area contributed by atoms with Crippen molar-refractivity contribution < 1.29 is 5.11 Å². The molecule has 0 atom stereocenters. The van der Waals surface area contributed by atoms with Crippen molar-refractivity contribution in [2.24, 2.45) is 0 Å². The van der Waals surface area contributed by atoms with Crippen molar-refractivity contribution in [3.8, 4) is 0 Å². The van der Waals surface area contributed by atoms with Crippen LogP contribution >= 0.6 is 31.9 Å². The summed E-state index contributed by atoms with van der Waals surface area (Å²) < 4.78 is 1.92. The van der Waals surface area contributed by atoms with Crippen LogP contribution < -0.4 is 0 Å². The minimum absolute atomic E-state index is 0.0656. The van der Waals surface area contributed by atoms with Gasteiger partial charge in [0.1, 0.15) is 12.4 Å². The predicted molar refractivity (Wildman–Crippen MR) is 57.4 cm³/mol. The van der Waals surface area contributed by atoms with Crippen molar-refractivity contribution in [1.82, 2.24) is 9.97 Å². The number of halogens is 2. The zero-order valence-corrected chi connectivity index (χ0v) is 9.68. The normalized spacial score (nSPS) is 11.0. The third-order valence-electron chi connectivity index (χ3n) is 1.72. The highest BCUT2D eigenvalue weighted by molar-refractivity contribution is 9.13. The smallest absolute Gasteiger partial charge is 0.133 e. The summed E-state index contributed by atoms with van der Waals surface area (Å²) >= 11 is 6.77. The van der Waals surface area contributed by atoms with Crippen molar-refractivity contribution in [1.29, 1.82) is 0 Å². The average molecular weight is 306 g/mol. The summed E-state index contributed by atoms with van der Waals surface area (Å²) in [6, 6.07) is 3.82. The molecule has 68 valence electrons. The first-order chi connectivity index (χ1) is 6.20. The summed E-state index contributed by atoms with van der Waals surface area (Å²) in [5.41, 5.74) is 1.76. The minimum atomic E-state index is -0.0656. The van der Waals surface area contributed by atoms with Crippen molar-refractivity contribution in [3.63, 3.8) is 0 Å². The van der Waals surface area contributed by atoms with Gasteiger partial charge in [0.25, 0.3) is 0 Å². The predicted octanol–water partition coefficient (Wildman–Crippen LogP) is 2.58. The average Bonchev–Trinajstić information content (AvgIpc) is 2.48. The number of H-pyrrole nitrogens is 1. The minimum Gasteiger partial charge on any atom is -0.388 e. The number of hydrogen-bond donors (Lipinski definition) is 2. The third kappa shape index (κ3) is 1.63. The Kier molecular flexibility index (Phi) is 2.40. The van der Waals surface area contributed by atoms with Gasteiger partial charge in [-0.15, -0.1) is 0 Å². The molecule has 0 amide bonds. The van der Waals surface area contributed by atoms with Crippen LogP contribution in [0.4, 0.5) is 0 Å². The summed E-state index contributed by atoms with van der Waals surface area (Å²) in [4.78, 5) is 7.18. The van der Waals surface area contributed by atoms with Gasteiger partial charge in [-0.25, -0.2) is 4.98 Å². The quantitative estimate of drug-likeness (QED) is 0.851. The van der Waals surface area contributed by atoms with Gasteiger partial charge in [0.05, 0.1) is 11.0 Å². The second-order valence-electron chi connectivity index (χ2n) is 2.63. The van der Waals surface area contributed by atoms with E-state index in [1.54, 1.807) is 0 Å². The van der Waals surface area contributed by atoms with Crippen LogP contribution in [0.25, 0.3) is 11.0 Å². The van der Waals surface area contributed by atoms with E-state index in [1.807, 2.05) is 12.1 Å². The van der Waals surface area contributed by atoms with Crippen molar-refractivity contribution in [2.75, 3.05) is 0 Å². The highest BCUT2D eigenvalue weighted by Crippen LogP contribution is 2.27. The van der Waals surface area contributed by atoms with Gasteiger partial charge in [-0.2, -0.15) is 0 Å². The molecule has 0 bridgehead atoms. The third-order valence-corrected chi connectivity index (χ3v) is 3.57. The molecule has 0 saturated carbocycles. The van der Waals surface area contributed by atoms with Gasteiger partial charge in [-0.3, -0.25) is 0 Å². The van der Waals surface area contributed by atoms with Gasteiger partial charge in [-0.05, 0) is 44.0 Å². The van der Waals surface area contributed by atoms with Gasteiger partial charge in [0.2, 0.25) is 0 Å². The SMILES string of the molecule is OCc1nc2cc(Br)c(Br)cc2[nH]1. The zero-order chi connectivity index (χ0) is 9.42. The van der Waals surface area contributed by atoms with Gasteiger partial charge in [-0.1, -0.05) is 0 Å². The number of aromatic nitrogens is 2. The summed E-state index contributed by atoms with van der Waals surface area (Å²) in [6.45, 7) is -0.0656. The van der Waals surface area contributed by atoms with Crippen LogP contribution in [0.15, 0.2) is 21.1 Å². The van der Waals surface area contributed by atoms with E-state index in [0.29, 0.717) is 5.82 Å². The molecule has 5 heteroatoms. The first kappa shape index (κ1) is 9.18. The molecule has 0 spiro atoms. The molecule has 2 aromatic rings. The molecule has 0 saturated heterocycles. The topological polar surface area (TPSA) is 48.9 Å². The van der Waals surface area contributed by atoms with Crippen LogP contribution in [0.1, 0.15) is 5.82 Å². The second-order valence-corrected chi connectivity index (χ2v) is 4.33. The van der Waals surface area contributed by atoms with Crippen LogP contribution in [-0.4, -0.2) is 15.1 Å². The van der Waals surface area contributed by atoms with Gasteiger partial charge < -0.3 is 10.1 Å². The fourth-order valence-electron chi connectivity index (χ4n) is 1.13. The molecule has 1 aromatic heterocycles. The second kappa shape index (κ2) is 3.40. The molecular formula is C8H6Br2N2O. The summed E-state index contributed by atoms with van der Waals surface area (Å²) in [6.07, 6.45) is 0. The van der Waals surface area contributed by atoms with E-state index in [9.17, 15) is 0 Å². The van der Waals surface area contributed by atoms with Crippen LogP contribution in [0.5, 0.6) is 0 Å². The van der Waals surface area contributed by atoms with E-state index >= 15 is 0 Å². The summed E-state index contributed by atoms with van der Waals surface area (Å²) in [5.74, 6) is 0.583. The van der Waals surface area contributed by atoms with Crippen LogP contribution in [-0.2, 0) is 6.61 Å². The molecule has 0 aliphatic carbocycles. The van der Waals surface area contributed by atoms with E-state index in [-0.39, 0.29) is 6.61 Å². The Morgan fingerprint density at radius 1 is 1.31 bits per heavy atom. The number of imidazole rings is 1. The Morgan fingerprint density at radius 2 is 2.00 bits per heavy atom. The molecule has 1 aromatic carbocycles. The van der Waals surface area contributed by atoms with Crippen LogP contribution in [0.2, 0.25) is 0 Å². The van der Waals surface area contributed by atoms with Gasteiger partial charge in [0, 0.05) is 8.95 Å². The number of aromatic amines is 1. The van der Waals surface area contributed by atoms with E-state index in [0.717, 1.165) is 20.0 Å². The fourth-order valence-corrected chi connectivity index (χ4v) is 1.81. The maximum absolute atomic E-state index is 8.86. The Balaban J connectivity index is 2.70. The standard InChI is InChI=1S/C8H6Br2N2O/c9-4-1-6-7(2-5(4)10)12-8(3-13)11-6/h1-2,13H,3H2,(H,11,12). The van der Waals surface area contributed by atoms with Gasteiger partial charge in [0.15, 0.2) is 0 Å². The fraction of sp³-hybridized carbons (Fsp3) is 0.125. The van der Waals surface area contributed by atoms with E-state index < -0.39 is 0 Å². The number of benzene rings is 1. The Labute approximate surface area is 91.4 Å². The number of fused-ring (bicyclic) bond motifs is 1. The molecule has 3 nitrogen and oxygen atoms in total. The Bertz CT molecular complexity index is 414. The monoisotopic (exact) mass is 304 g/mol. The first-order valence-electron chi connectivity index (χ1n) is 3.65. The van der Waals surface area contributed by atoms with E-state index in [4.69, 9.17) is 5.11 Å². The first-order valence-corrected chi connectivity index (χ1v) is 5.24. The Hall–Kier alpha value is -0.390. The van der Waals surface area contributed by atoms with Crippen molar-refractivity contribution in [3.05, 3.63) is 26.9 Å². The zero-order valence-electron chi connectivity index (χ0n) is 6.51. The molecule has 1 heterocycles. The largest absolute Gasteiger partial charge is 0.388 e. The molecule has 0 aliphatic rings. The molecule has 2 N–H and O–H groups in total. The van der Waals surface area contributed by atoms with Crippen molar-refractivity contribution >= 4 is 42.9 Å². The lowest BCUT2D eigenvalue weighted by atomic mass is 10.3. The van der Waals surface area contributed by atoms with Crippen LogP contribution in [0.3, 0.4) is 0 Å². The summed E-state index contributed by atoms with van der Waals surface area (Å²) in [7, 11) is 0. The number of aliphatic hydroxyl groups is 1. The number of aliphatic hydroxyl groups excluding tert-OH is 1. The maximum Gasteiger partial charge on any atom is 0.133 e. The van der Waals surface area contributed by atoms with Gasteiger partial charge >= 0.3 is 0 Å². The summed E-state index contributed by atoms with van der Waals surface area (Å²) in [5, 5.41) is 8.86. The highest BCUT2D eigenvalue weighted by atomic mass is 79.9. The van der Waals surface area contributed by atoms with E-state index in [2.05, 4.69) is 41.8 Å². The number of nitrogens with zero attached hydrogens (tertiary/aromatic N) is 1. The molecule has 0 fully saturated rings. The molecule has 0 aliphatic heterocycles. The number of hydrogen-bond acceptors (Lipinski definition) is 2. The lowest BCUT2D eigenvalue weighted by Crippen LogP contribution is -1.83. The molecular weight excluding hydrogens is 300 g/mol. The highest BCUT2D eigenvalue weighted by Gasteiger charge is 2.04. The van der Waals surface area contributed by atoms with Crippen LogP contribution in [0, 0.1) is 0 Å². The Morgan fingerprint density at radius 3 is 2.69 bits per heavy atom. The number of nitrogens with one attached hydrogen (secondary N) is 1. The number of rotatable bonds is 1.